The highest BCUT2D eigenvalue weighted by Crippen LogP contribution is 2.19. The Morgan fingerprint density at radius 1 is 1.35 bits per heavy atom. The highest BCUT2D eigenvalue weighted by molar-refractivity contribution is 5.69. The molecule has 0 amide bonds. The minimum absolute atomic E-state index is 0.107. The van der Waals surface area contributed by atoms with Gasteiger partial charge in [0.1, 0.15) is 0 Å². The van der Waals surface area contributed by atoms with E-state index in [-0.39, 0.29) is 12.6 Å². The third-order valence-corrected chi connectivity index (χ3v) is 2.97. The molecule has 0 aliphatic carbocycles. The standard InChI is InChI=1S/C14H21NO2/c1-3-4-10-15(11-14(16)17)12(2)13-8-6-5-7-9-13/h5-9,12H,3-4,10-11H2,1-2H3,(H,16,17). The molecule has 17 heavy (non-hydrogen) atoms. The van der Waals surface area contributed by atoms with E-state index in [2.05, 4.69) is 13.8 Å². The van der Waals surface area contributed by atoms with Gasteiger partial charge in [-0.25, -0.2) is 0 Å². The largest absolute Gasteiger partial charge is 0.480 e. The molecule has 0 saturated heterocycles. The fraction of sp³-hybridized carbons (Fsp3) is 0.500. The average molecular weight is 235 g/mol. The lowest BCUT2D eigenvalue weighted by Gasteiger charge is -2.27. The minimum atomic E-state index is -0.760. The number of carboxylic acid groups (broad SMARTS) is 1. The molecular weight excluding hydrogens is 214 g/mol. The summed E-state index contributed by atoms with van der Waals surface area (Å²) in [7, 11) is 0. The number of carboxylic acids is 1. The van der Waals surface area contributed by atoms with Gasteiger partial charge in [-0.05, 0) is 25.5 Å². The van der Waals surface area contributed by atoms with E-state index in [4.69, 9.17) is 5.11 Å². The smallest absolute Gasteiger partial charge is 0.317 e. The highest BCUT2D eigenvalue weighted by atomic mass is 16.4. The molecular formula is C14H21NO2. The van der Waals surface area contributed by atoms with Gasteiger partial charge in [0.15, 0.2) is 0 Å². The quantitative estimate of drug-likeness (QED) is 0.790. The zero-order valence-electron chi connectivity index (χ0n) is 10.6. The molecule has 0 fully saturated rings. The molecule has 1 aromatic carbocycles. The van der Waals surface area contributed by atoms with E-state index in [9.17, 15) is 4.79 Å². The van der Waals surface area contributed by atoms with Crippen LogP contribution in [0.25, 0.3) is 0 Å². The molecule has 3 nitrogen and oxygen atoms in total. The van der Waals surface area contributed by atoms with Crippen LogP contribution < -0.4 is 0 Å². The average Bonchev–Trinajstić information content (AvgIpc) is 2.34. The number of hydrogen-bond acceptors (Lipinski definition) is 2. The normalized spacial score (nSPS) is 12.6. The van der Waals surface area contributed by atoms with Crippen molar-refractivity contribution in [3.63, 3.8) is 0 Å². The molecule has 94 valence electrons. The van der Waals surface area contributed by atoms with Gasteiger partial charge in [0.2, 0.25) is 0 Å². The molecule has 1 N–H and O–H groups in total. The van der Waals surface area contributed by atoms with Crippen molar-refractivity contribution >= 4 is 5.97 Å². The van der Waals surface area contributed by atoms with Gasteiger partial charge in [-0.1, -0.05) is 43.7 Å². The second-order valence-electron chi connectivity index (χ2n) is 4.30. The van der Waals surface area contributed by atoms with E-state index < -0.39 is 5.97 Å². The maximum Gasteiger partial charge on any atom is 0.317 e. The maximum atomic E-state index is 10.9. The molecule has 0 aliphatic rings. The lowest BCUT2D eigenvalue weighted by molar-refractivity contribution is -0.138. The van der Waals surface area contributed by atoms with Crippen molar-refractivity contribution in [2.24, 2.45) is 0 Å². The fourth-order valence-corrected chi connectivity index (χ4v) is 1.89. The SMILES string of the molecule is CCCCN(CC(=O)O)C(C)c1ccccc1. The van der Waals surface area contributed by atoms with E-state index in [1.165, 1.54) is 5.56 Å². The second kappa shape index (κ2) is 7.07. The Bertz CT molecular complexity index is 337. The Kier molecular flexibility index (Phi) is 5.70. The first-order chi connectivity index (χ1) is 8.15. The molecule has 0 heterocycles. The van der Waals surface area contributed by atoms with Crippen LogP contribution in [0.4, 0.5) is 0 Å². The van der Waals surface area contributed by atoms with Crippen LogP contribution in [-0.2, 0) is 4.79 Å². The number of rotatable bonds is 7. The van der Waals surface area contributed by atoms with Crippen LogP contribution in [0.5, 0.6) is 0 Å². The molecule has 0 bridgehead atoms. The van der Waals surface area contributed by atoms with Crippen LogP contribution in [0, 0.1) is 0 Å². The molecule has 0 saturated carbocycles. The molecule has 1 atom stereocenters. The topological polar surface area (TPSA) is 40.5 Å². The Morgan fingerprint density at radius 3 is 2.53 bits per heavy atom. The summed E-state index contributed by atoms with van der Waals surface area (Å²) < 4.78 is 0. The van der Waals surface area contributed by atoms with E-state index in [0.717, 1.165) is 19.4 Å². The zero-order chi connectivity index (χ0) is 12.7. The number of aliphatic carboxylic acids is 1. The molecule has 1 unspecified atom stereocenters. The molecule has 1 aromatic rings. The van der Waals surface area contributed by atoms with Gasteiger partial charge in [-0.2, -0.15) is 0 Å². The lowest BCUT2D eigenvalue weighted by Crippen LogP contribution is -2.33. The van der Waals surface area contributed by atoms with Crippen LogP contribution >= 0.6 is 0 Å². The van der Waals surface area contributed by atoms with Crippen molar-refractivity contribution in [2.75, 3.05) is 13.1 Å². The van der Waals surface area contributed by atoms with Gasteiger partial charge in [0.05, 0.1) is 6.54 Å². The van der Waals surface area contributed by atoms with Gasteiger partial charge in [0.25, 0.3) is 0 Å². The van der Waals surface area contributed by atoms with E-state index >= 15 is 0 Å². The van der Waals surface area contributed by atoms with Gasteiger partial charge >= 0.3 is 5.97 Å². The first-order valence-electron chi connectivity index (χ1n) is 6.16. The fourth-order valence-electron chi connectivity index (χ4n) is 1.89. The monoisotopic (exact) mass is 235 g/mol. The van der Waals surface area contributed by atoms with Crippen molar-refractivity contribution in [1.82, 2.24) is 4.90 Å². The Balaban J connectivity index is 2.71. The number of hydrogen-bond donors (Lipinski definition) is 1. The maximum absolute atomic E-state index is 10.9. The summed E-state index contributed by atoms with van der Waals surface area (Å²) in [5.74, 6) is -0.760. The summed E-state index contributed by atoms with van der Waals surface area (Å²) in [6, 6.07) is 10.2. The Labute approximate surface area is 103 Å². The summed E-state index contributed by atoms with van der Waals surface area (Å²) >= 11 is 0. The molecule has 3 heteroatoms. The molecule has 0 aromatic heterocycles. The number of carbonyl (C=O) groups is 1. The summed E-state index contributed by atoms with van der Waals surface area (Å²) in [4.78, 5) is 12.9. The van der Waals surface area contributed by atoms with Crippen molar-refractivity contribution in [3.8, 4) is 0 Å². The van der Waals surface area contributed by atoms with Gasteiger partial charge in [-0.3, -0.25) is 9.69 Å². The summed E-state index contributed by atoms with van der Waals surface area (Å²) in [6.07, 6.45) is 2.11. The first-order valence-corrected chi connectivity index (χ1v) is 6.16. The predicted octanol–water partition coefficient (Wildman–Crippen LogP) is 2.93. The Hall–Kier alpha value is -1.35. The highest BCUT2D eigenvalue weighted by Gasteiger charge is 2.17. The van der Waals surface area contributed by atoms with E-state index in [1.807, 2.05) is 35.2 Å². The van der Waals surface area contributed by atoms with Crippen LogP contribution in [0.2, 0.25) is 0 Å². The molecule has 0 aliphatic heterocycles. The lowest BCUT2D eigenvalue weighted by atomic mass is 10.1. The van der Waals surface area contributed by atoms with Gasteiger partial charge in [0, 0.05) is 6.04 Å². The van der Waals surface area contributed by atoms with E-state index in [1.54, 1.807) is 0 Å². The summed E-state index contributed by atoms with van der Waals surface area (Å²) in [6.45, 7) is 5.12. The van der Waals surface area contributed by atoms with Gasteiger partial charge < -0.3 is 5.11 Å². The van der Waals surface area contributed by atoms with Crippen molar-refractivity contribution in [2.45, 2.75) is 32.7 Å². The number of nitrogens with zero attached hydrogens (tertiary/aromatic N) is 1. The second-order valence-corrected chi connectivity index (χ2v) is 4.30. The summed E-state index contributed by atoms with van der Waals surface area (Å²) in [5.41, 5.74) is 1.17. The zero-order valence-corrected chi connectivity index (χ0v) is 10.6. The van der Waals surface area contributed by atoms with Crippen LogP contribution in [0.15, 0.2) is 30.3 Å². The molecule has 0 spiro atoms. The predicted molar refractivity (Wildman–Crippen MR) is 69.0 cm³/mol. The van der Waals surface area contributed by atoms with Crippen molar-refractivity contribution < 1.29 is 9.90 Å². The summed E-state index contributed by atoms with van der Waals surface area (Å²) in [5, 5.41) is 8.94. The first kappa shape index (κ1) is 13.7. The third kappa shape index (κ3) is 4.57. The van der Waals surface area contributed by atoms with Crippen LogP contribution in [0.1, 0.15) is 38.3 Å². The van der Waals surface area contributed by atoms with E-state index in [0.29, 0.717) is 0 Å². The minimum Gasteiger partial charge on any atom is -0.480 e. The number of unbranched alkanes of at least 4 members (excludes halogenated alkanes) is 1. The Morgan fingerprint density at radius 2 is 2.00 bits per heavy atom. The van der Waals surface area contributed by atoms with Gasteiger partial charge in [-0.15, -0.1) is 0 Å². The molecule has 1 rings (SSSR count). The van der Waals surface area contributed by atoms with Crippen LogP contribution in [0.3, 0.4) is 0 Å². The van der Waals surface area contributed by atoms with Crippen LogP contribution in [-0.4, -0.2) is 29.1 Å². The molecule has 0 radical (unpaired) electrons. The van der Waals surface area contributed by atoms with Crippen molar-refractivity contribution in [1.29, 1.82) is 0 Å². The number of benzene rings is 1. The third-order valence-electron chi connectivity index (χ3n) is 2.97. The van der Waals surface area contributed by atoms with Crippen molar-refractivity contribution in [3.05, 3.63) is 35.9 Å².